The van der Waals surface area contributed by atoms with Crippen molar-refractivity contribution in [1.82, 2.24) is 15.3 Å². The maximum Gasteiger partial charge on any atom is 0.0809 e. The van der Waals surface area contributed by atoms with E-state index >= 15 is 0 Å². The fourth-order valence-corrected chi connectivity index (χ4v) is 2.78. The highest BCUT2D eigenvalue weighted by Crippen LogP contribution is 2.22. The van der Waals surface area contributed by atoms with Gasteiger partial charge in [0.2, 0.25) is 0 Å². The second kappa shape index (κ2) is 5.47. The van der Waals surface area contributed by atoms with Crippen LogP contribution in [0.1, 0.15) is 24.1 Å². The van der Waals surface area contributed by atoms with Crippen LogP contribution in [0.3, 0.4) is 0 Å². The Balaban J connectivity index is 1.71. The first-order chi connectivity index (χ1) is 9.33. The Morgan fingerprint density at radius 1 is 1.26 bits per heavy atom. The average Bonchev–Trinajstić information content (AvgIpc) is 2.93. The summed E-state index contributed by atoms with van der Waals surface area (Å²) in [4.78, 5) is 8.50. The summed E-state index contributed by atoms with van der Waals surface area (Å²) >= 11 is 1.73. The van der Waals surface area contributed by atoms with Crippen molar-refractivity contribution >= 4 is 21.6 Å². The van der Waals surface area contributed by atoms with Gasteiger partial charge >= 0.3 is 0 Å². The van der Waals surface area contributed by atoms with Gasteiger partial charge in [0.1, 0.15) is 0 Å². The average molecular weight is 269 g/mol. The number of nitrogens with one attached hydrogen (secondary N) is 1. The van der Waals surface area contributed by atoms with Crippen LogP contribution in [-0.4, -0.2) is 9.97 Å². The largest absolute Gasteiger partial charge is 0.306 e. The van der Waals surface area contributed by atoms with Crippen LogP contribution in [0, 0.1) is 0 Å². The summed E-state index contributed by atoms with van der Waals surface area (Å²) in [6, 6.07) is 8.61. The van der Waals surface area contributed by atoms with Gasteiger partial charge in [-0.2, -0.15) is 0 Å². The lowest BCUT2D eigenvalue weighted by molar-refractivity contribution is 0.573. The molecule has 0 radical (unpaired) electrons. The molecule has 3 aromatic heterocycles. The lowest BCUT2D eigenvalue weighted by atomic mass is 10.1. The molecule has 3 rings (SSSR count). The van der Waals surface area contributed by atoms with Gasteiger partial charge in [0.15, 0.2) is 0 Å². The molecule has 0 bridgehead atoms. The minimum absolute atomic E-state index is 0.284. The van der Waals surface area contributed by atoms with Crippen molar-refractivity contribution < 1.29 is 0 Å². The maximum atomic E-state index is 4.48. The minimum atomic E-state index is 0.284. The first-order valence-corrected chi connectivity index (χ1v) is 7.16. The molecule has 0 aliphatic rings. The van der Waals surface area contributed by atoms with Crippen molar-refractivity contribution in [2.24, 2.45) is 0 Å². The molecule has 1 unspecified atom stereocenters. The normalized spacial score (nSPS) is 12.7. The molecule has 19 heavy (non-hydrogen) atoms. The molecule has 0 aliphatic heterocycles. The number of hydrogen-bond acceptors (Lipinski definition) is 4. The SMILES string of the molecule is CC(NCc1ccncc1)c1cnc2ccsc2c1. The second-order valence-electron chi connectivity index (χ2n) is 4.53. The highest BCUT2D eigenvalue weighted by atomic mass is 32.1. The molecule has 1 atom stereocenters. The Kier molecular flexibility index (Phi) is 3.53. The van der Waals surface area contributed by atoms with E-state index in [-0.39, 0.29) is 6.04 Å². The minimum Gasteiger partial charge on any atom is -0.306 e. The summed E-state index contributed by atoms with van der Waals surface area (Å²) in [5.41, 5.74) is 3.55. The van der Waals surface area contributed by atoms with Crippen LogP contribution in [0.5, 0.6) is 0 Å². The van der Waals surface area contributed by atoms with Gasteiger partial charge in [-0.15, -0.1) is 11.3 Å². The van der Waals surface area contributed by atoms with Gasteiger partial charge in [-0.05, 0) is 47.7 Å². The molecule has 0 spiro atoms. The molecular formula is C15H15N3S. The number of pyridine rings is 2. The topological polar surface area (TPSA) is 37.8 Å². The summed E-state index contributed by atoms with van der Waals surface area (Å²) in [6.07, 6.45) is 5.60. The van der Waals surface area contributed by atoms with Gasteiger partial charge in [0.05, 0.1) is 10.2 Å². The fraction of sp³-hybridized carbons (Fsp3) is 0.200. The third-order valence-electron chi connectivity index (χ3n) is 3.19. The van der Waals surface area contributed by atoms with Gasteiger partial charge in [-0.25, -0.2) is 0 Å². The van der Waals surface area contributed by atoms with Gasteiger partial charge in [0, 0.05) is 31.2 Å². The van der Waals surface area contributed by atoms with E-state index in [1.807, 2.05) is 30.7 Å². The van der Waals surface area contributed by atoms with Crippen LogP contribution in [0.15, 0.2) is 48.2 Å². The summed E-state index contributed by atoms with van der Waals surface area (Å²) in [5, 5.41) is 5.59. The summed E-state index contributed by atoms with van der Waals surface area (Å²) in [7, 11) is 0. The van der Waals surface area contributed by atoms with E-state index in [9.17, 15) is 0 Å². The van der Waals surface area contributed by atoms with E-state index in [0.29, 0.717) is 0 Å². The maximum absolute atomic E-state index is 4.48. The lowest BCUT2D eigenvalue weighted by Gasteiger charge is -2.14. The van der Waals surface area contributed by atoms with Crippen molar-refractivity contribution in [2.75, 3.05) is 0 Å². The van der Waals surface area contributed by atoms with Crippen molar-refractivity contribution in [3.63, 3.8) is 0 Å². The number of thiophene rings is 1. The zero-order valence-corrected chi connectivity index (χ0v) is 11.5. The molecule has 0 fully saturated rings. The van der Waals surface area contributed by atoms with Gasteiger partial charge < -0.3 is 5.32 Å². The molecule has 1 N–H and O–H groups in total. The Hall–Kier alpha value is -1.78. The summed E-state index contributed by atoms with van der Waals surface area (Å²) in [5.74, 6) is 0. The molecule has 4 heteroatoms. The molecule has 0 saturated heterocycles. The zero-order valence-electron chi connectivity index (χ0n) is 10.7. The smallest absolute Gasteiger partial charge is 0.0809 e. The fourth-order valence-electron chi connectivity index (χ4n) is 1.99. The number of aromatic nitrogens is 2. The molecule has 96 valence electrons. The van der Waals surface area contributed by atoms with Crippen LogP contribution in [0.25, 0.3) is 10.2 Å². The lowest BCUT2D eigenvalue weighted by Crippen LogP contribution is -2.18. The van der Waals surface area contributed by atoms with E-state index in [1.54, 1.807) is 11.3 Å². The van der Waals surface area contributed by atoms with Crippen molar-refractivity contribution in [3.8, 4) is 0 Å². The van der Waals surface area contributed by atoms with E-state index < -0.39 is 0 Å². The Morgan fingerprint density at radius 2 is 2.11 bits per heavy atom. The molecular weight excluding hydrogens is 254 g/mol. The Bertz CT molecular complexity index is 663. The number of hydrogen-bond donors (Lipinski definition) is 1. The molecule has 0 aliphatic carbocycles. The Morgan fingerprint density at radius 3 is 2.95 bits per heavy atom. The quantitative estimate of drug-likeness (QED) is 0.787. The monoisotopic (exact) mass is 269 g/mol. The molecule has 3 aromatic rings. The predicted octanol–water partition coefficient (Wildman–Crippen LogP) is 3.54. The first-order valence-electron chi connectivity index (χ1n) is 6.28. The van der Waals surface area contributed by atoms with E-state index in [0.717, 1.165) is 12.1 Å². The number of nitrogens with zero attached hydrogens (tertiary/aromatic N) is 2. The zero-order chi connectivity index (χ0) is 13.1. The molecule has 0 saturated carbocycles. The highest BCUT2D eigenvalue weighted by Gasteiger charge is 2.07. The molecule has 0 amide bonds. The summed E-state index contributed by atoms with van der Waals surface area (Å²) in [6.45, 7) is 3.00. The number of rotatable bonds is 4. The van der Waals surface area contributed by atoms with Gasteiger partial charge in [0.25, 0.3) is 0 Å². The van der Waals surface area contributed by atoms with E-state index in [4.69, 9.17) is 0 Å². The standard InChI is InChI=1S/C15H15N3S/c1-11(17-9-12-2-5-16-6-3-12)13-8-15-14(18-10-13)4-7-19-15/h2-8,10-11,17H,9H2,1H3. The second-order valence-corrected chi connectivity index (χ2v) is 5.48. The van der Waals surface area contributed by atoms with Crippen LogP contribution in [-0.2, 0) is 6.54 Å². The third kappa shape index (κ3) is 2.80. The summed E-state index contributed by atoms with van der Waals surface area (Å²) < 4.78 is 1.25. The van der Waals surface area contributed by atoms with Crippen LogP contribution < -0.4 is 5.32 Å². The van der Waals surface area contributed by atoms with Gasteiger partial charge in [-0.1, -0.05) is 0 Å². The highest BCUT2D eigenvalue weighted by molar-refractivity contribution is 7.17. The van der Waals surface area contributed by atoms with E-state index in [1.165, 1.54) is 15.8 Å². The van der Waals surface area contributed by atoms with Crippen LogP contribution >= 0.6 is 11.3 Å². The van der Waals surface area contributed by atoms with Gasteiger partial charge in [-0.3, -0.25) is 9.97 Å². The predicted molar refractivity (Wildman–Crippen MR) is 79.1 cm³/mol. The van der Waals surface area contributed by atoms with Crippen molar-refractivity contribution in [3.05, 3.63) is 59.4 Å². The van der Waals surface area contributed by atoms with Crippen molar-refractivity contribution in [1.29, 1.82) is 0 Å². The third-order valence-corrected chi connectivity index (χ3v) is 4.04. The van der Waals surface area contributed by atoms with Crippen molar-refractivity contribution in [2.45, 2.75) is 19.5 Å². The molecule has 0 aromatic carbocycles. The molecule has 3 heterocycles. The Labute approximate surface area is 116 Å². The van der Waals surface area contributed by atoms with Crippen LogP contribution in [0.2, 0.25) is 0 Å². The number of fused-ring (bicyclic) bond motifs is 1. The van der Waals surface area contributed by atoms with Crippen LogP contribution in [0.4, 0.5) is 0 Å². The first kappa shape index (κ1) is 12.3. The molecule has 3 nitrogen and oxygen atoms in total. The van der Waals surface area contributed by atoms with E-state index in [2.05, 4.69) is 39.7 Å².